The van der Waals surface area contributed by atoms with E-state index in [1.54, 1.807) is 18.2 Å². The van der Waals surface area contributed by atoms with Crippen molar-refractivity contribution in [1.29, 1.82) is 0 Å². The molecule has 22 heavy (non-hydrogen) atoms. The summed E-state index contributed by atoms with van der Waals surface area (Å²) in [5.74, 6) is 0.372. The first-order valence-electron chi connectivity index (χ1n) is 6.71. The first kappa shape index (κ1) is 13.9. The molecule has 0 unspecified atom stereocenters. The summed E-state index contributed by atoms with van der Waals surface area (Å²) < 4.78 is 5.13. The third-order valence-electron chi connectivity index (χ3n) is 3.35. The largest absolute Gasteiger partial charge is 0.497 e. The van der Waals surface area contributed by atoms with Crippen LogP contribution in [-0.2, 0) is 0 Å². The highest BCUT2D eigenvalue weighted by atomic mass is 16.5. The molecule has 0 spiro atoms. The van der Waals surface area contributed by atoms with Crippen molar-refractivity contribution >= 4 is 22.7 Å². The maximum atomic E-state index is 12.0. The second kappa shape index (κ2) is 5.73. The van der Waals surface area contributed by atoms with Gasteiger partial charge in [-0.15, -0.1) is 0 Å². The highest BCUT2D eigenvalue weighted by Crippen LogP contribution is 2.25. The maximum Gasteiger partial charge on any atom is 0.258 e. The Morgan fingerprint density at radius 2 is 1.91 bits per heavy atom. The number of aromatic amines is 1. The first-order valence-corrected chi connectivity index (χ1v) is 6.71. The van der Waals surface area contributed by atoms with Gasteiger partial charge in [0.05, 0.1) is 23.7 Å². The molecule has 0 radical (unpaired) electrons. The maximum absolute atomic E-state index is 12.0. The normalized spacial score (nSPS) is 11.1. The molecule has 0 fully saturated rings. The molecule has 2 aromatic carbocycles. The van der Waals surface area contributed by atoms with Gasteiger partial charge in [0.15, 0.2) is 0 Å². The van der Waals surface area contributed by atoms with Crippen LogP contribution in [0.2, 0.25) is 0 Å². The fourth-order valence-electron chi connectivity index (χ4n) is 2.23. The van der Waals surface area contributed by atoms with Crippen LogP contribution >= 0.6 is 0 Å². The molecule has 110 valence electrons. The molecule has 5 nitrogen and oxygen atoms in total. The lowest BCUT2D eigenvalue weighted by Crippen LogP contribution is -2.08. The minimum Gasteiger partial charge on any atom is -0.497 e. The SMILES string of the molecule is COc1ccc2c(C=Nc3ccccc3)c(O)[nH]c(=O)c2c1. The molecular formula is C17H14N2O3. The average Bonchev–Trinajstić information content (AvgIpc) is 2.55. The Hall–Kier alpha value is -3.08. The summed E-state index contributed by atoms with van der Waals surface area (Å²) in [6.07, 6.45) is 1.54. The summed E-state index contributed by atoms with van der Waals surface area (Å²) in [6, 6.07) is 14.5. The van der Waals surface area contributed by atoms with E-state index in [4.69, 9.17) is 4.74 Å². The van der Waals surface area contributed by atoms with E-state index in [9.17, 15) is 9.90 Å². The Bertz CT molecular complexity index is 899. The molecule has 1 aromatic heterocycles. The summed E-state index contributed by atoms with van der Waals surface area (Å²) in [5, 5.41) is 11.1. The molecule has 0 aliphatic carbocycles. The number of methoxy groups -OCH3 is 1. The Balaban J connectivity index is 2.17. The Labute approximate surface area is 126 Å². The van der Waals surface area contributed by atoms with Gasteiger partial charge in [0.2, 0.25) is 5.88 Å². The summed E-state index contributed by atoms with van der Waals surface area (Å²) in [4.78, 5) is 18.7. The number of para-hydroxylation sites is 1. The Kier molecular flexibility index (Phi) is 3.62. The van der Waals surface area contributed by atoms with E-state index in [1.165, 1.54) is 13.3 Å². The number of hydrogen-bond donors (Lipinski definition) is 2. The van der Waals surface area contributed by atoms with Crippen molar-refractivity contribution in [3.8, 4) is 11.6 Å². The zero-order valence-corrected chi connectivity index (χ0v) is 11.9. The number of H-pyrrole nitrogens is 1. The number of ether oxygens (including phenoxy) is 1. The van der Waals surface area contributed by atoms with Crippen LogP contribution < -0.4 is 10.3 Å². The number of aliphatic imine (C=N–C) groups is 1. The van der Waals surface area contributed by atoms with Crippen molar-refractivity contribution in [2.24, 2.45) is 4.99 Å². The molecule has 0 aliphatic rings. The van der Waals surface area contributed by atoms with Gasteiger partial charge in [0, 0.05) is 11.6 Å². The fourth-order valence-corrected chi connectivity index (χ4v) is 2.23. The third-order valence-corrected chi connectivity index (χ3v) is 3.35. The summed E-state index contributed by atoms with van der Waals surface area (Å²) in [7, 11) is 1.54. The molecule has 0 amide bonds. The lowest BCUT2D eigenvalue weighted by molar-refractivity contribution is 0.415. The smallest absolute Gasteiger partial charge is 0.258 e. The quantitative estimate of drug-likeness (QED) is 0.729. The summed E-state index contributed by atoms with van der Waals surface area (Å²) in [6.45, 7) is 0. The van der Waals surface area contributed by atoms with Crippen LogP contribution in [0.15, 0.2) is 58.3 Å². The number of nitrogens with zero attached hydrogens (tertiary/aromatic N) is 1. The van der Waals surface area contributed by atoms with E-state index in [2.05, 4.69) is 9.98 Å². The van der Waals surface area contributed by atoms with Crippen LogP contribution in [0, 0.1) is 0 Å². The number of fused-ring (bicyclic) bond motifs is 1. The van der Waals surface area contributed by atoms with Gasteiger partial charge in [0.25, 0.3) is 5.56 Å². The monoisotopic (exact) mass is 294 g/mol. The zero-order chi connectivity index (χ0) is 15.5. The van der Waals surface area contributed by atoms with Gasteiger partial charge in [-0.2, -0.15) is 0 Å². The van der Waals surface area contributed by atoms with Crippen molar-refractivity contribution < 1.29 is 9.84 Å². The molecule has 3 rings (SSSR count). The zero-order valence-electron chi connectivity index (χ0n) is 11.9. The van der Waals surface area contributed by atoms with Crippen LogP contribution in [0.1, 0.15) is 5.56 Å². The van der Waals surface area contributed by atoms with Gasteiger partial charge in [-0.1, -0.05) is 18.2 Å². The second-order valence-electron chi connectivity index (χ2n) is 4.72. The molecule has 5 heteroatoms. The lowest BCUT2D eigenvalue weighted by Gasteiger charge is -2.06. The summed E-state index contributed by atoms with van der Waals surface area (Å²) >= 11 is 0. The topological polar surface area (TPSA) is 74.7 Å². The van der Waals surface area contributed by atoms with E-state index < -0.39 is 0 Å². The van der Waals surface area contributed by atoms with Crippen LogP contribution in [-0.4, -0.2) is 23.4 Å². The van der Waals surface area contributed by atoms with Gasteiger partial charge in [-0.25, -0.2) is 0 Å². The Morgan fingerprint density at radius 3 is 2.64 bits per heavy atom. The van der Waals surface area contributed by atoms with Crippen molar-refractivity contribution in [2.45, 2.75) is 0 Å². The molecule has 0 atom stereocenters. The molecule has 0 bridgehead atoms. The number of benzene rings is 2. The number of hydrogen-bond acceptors (Lipinski definition) is 4. The van der Waals surface area contributed by atoms with Gasteiger partial charge >= 0.3 is 0 Å². The number of rotatable bonds is 3. The van der Waals surface area contributed by atoms with Crippen LogP contribution in [0.4, 0.5) is 5.69 Å². The van der Waals surface area contributed by atoms with Crippen molar-refractivity contribution in [3.05, 3.63) is 64.4 Å². The minimum atomic E-state index is -0.372. The Morgan fingerprint density at radius 1 is 1.14 bits per heavy atom. The first-order chi connectivity index (χ1) is 10.7. The van der Waals surface area contributed by atoms with Crippen molar-refractivity contribution in [3.63, 3.8) is 0 Å². The van der Waals surface area contributed by atoms with Gasteiger partial charge in [-0.05, 0) is 30.3 Å². The highest BCUT2D eigenvalue weighted by molar-refractivity contribution is 6.02. The highest BCUT2D eigenvalue weighted by Gasteiger charge is 2.10. The van der Waals surface area contributed by atoms with E-state index in [0.717, 1.165) is 5.69 Å². The number of pyridine rings is 1. The second-order valence-corrected chi connectivity index (χ2v) is 4.72. The molecular weight excluding hydrogens is 280 g/mol. The third kappa shape index (κ3) is 2.56. The molecule has 1 heterocycles. The predicted octanol–water partition coefficient (Wildman–Crippen LogP) is 2.99. The van der Waals surface area contributed by atoms with Crippen molar-refractivity contribution in [2.75, 3.05) is 7.11 Å². The standard InChI is InChI=1S/C17H14N2O3/c1-22-12-7-8-13-14(9-12)16(20)19-17(21)15(13)10-18-11-5-3-2-4-6-11/h2-10H,1H3,(H2,19,20,21). The van der Waals surface area contributed by atoms with Crippen LogP contribution in [0.5, 0.6) is 11.6 Å². The van der Waals surface area contributed by atoms with E-state index in [1.807, 2.05) is 30.3 Å². The molecule has 0 saturated carbocycles. The molecule has 0 aliphatic heterocycles. The molecule has 3 aromatic rings. The van der Waals surface area contributed by atoms with Crippen molar-refractivity contribution in [1.82, 2.24) is 4.98 Å². The average molecular weight is 294 g/mol. The van der Waals surface area contributed by atoms with Gasteiger partial charge in [-0.3, -0.25) is 14.8 Å². The predicted molar refractivity (Wildman–Crippen MR) is 86.5 cm³/mol. The van der Waals surface area contributed by atoms with Gasteiger partial charge in [0.1, 0.15) is 5.75 Å². The number of aromatic nitrogens is 1. The van der Waals surface area contributed by atoms with E-state index in [-0.39, 0.29) is 11.4 Å². The molecule has 0 saturated heterocycles. The van der Waals surface area contributed by atoms with Crippen LogP contribution in [0.3, 0.4) is 0 Å². The van der Waals surface area contributed by atoms with E-state index in [0.29, 0.717) is 22.1 Å². The van der Waals surface area contributed by atoms with E-state index >= 15 is 0 Å². The number of nitrogens with one attached hydrogen (secondary N) is 1. The minimum absolute atomic E-state index is 0.206. The number of aromatic hydroxyl groups is 1. The lowest BCUT2D eigenvalue weighted by atomic mass is 10.1. The fraction of sp³-hybridized carbons (Fsp3) is 0.0588. The van der Waals surface area contributed by atoms with Gasteiger partial charge < -0.3 is 9.84 Å². The molecule has 2 N–H and O–H groups in total. The summed E-state index contributed by atoms with van der Waals surface area (Å²) in [5.41, 5.74) is 0.846. The van der Waals surface area contributed by atoms with Crippen LogP contribution in [0.25, 0.3) is 10.8 Å².